The molecule has 1 aromatic carbocycles. The summed E-state index contributed by atoms with van der Waals surface area (Å²) in [4.78, 5) is 22.2. The number of benzene rings is 1. The molecule has 9 heteroatoms. The maximum absolute atomic E-state index is 13.4. The molecule has 0 heterocycles. The van der Waals surface area contributed by atoms with Crippen LogP contribution in [0.4, 0.5) is 22.0 Å². The fraction of sp³-hybridized carbons (Fsp3) is 0.273. The standard InChI is InChI=1S/C11H7F5O4/c1-2-20-11(19)4(10(17)18)3-5(12)7(14)9(16)8(15)6(3)13/h4H,2H2,1H3,(H,17,18). The Bertz CT molecular complexity index is 543. The van der Waals surface area contributed by atoms with E-state index < -0.39 is 52.5 Å². The molecule has 0 aliphatic heterocycles. The van der Waals surface area contributed by atoms with Crippen molar-refractivity contribution in [1.29, 1.82) is 0 Å². The molecule has 1 rings (SSSR count). The van der Waals surface area contributed by atoms with Gasteiger partial charge in [0.05, 0.1) is 12.2 Å². The zero-order valence-corrected chi connectivity index (χ0v) is 9.85. The molecule has 0 aromatic heterocycles. The molecule has 0 saturated carbocycles. The van der Waals surface area contributed by atoms with Gasteiger partial charge in [0.15, 0.2) is 29.2 Å². The molecule has 110 valence electrons. The lowest BCUT2D eigenvalue weighted by Crippen LogP contribution is -2.27. The van der Waals surface area contributed by atoms with Crippen LogP contribution in [0.3, 0.4) is 0 Å². The van der Waals surface area contributed by atoms with Gasteiger partial charge >= 0.3 is 11.9 Å². The third-order valence-corrected chi connectivity index (χ3v) is 2.30. The van der Waals surface area contributed by atoms with E-state index in [2.05, 4.69) is 4.74 Å². The van der Waals surface area contributed by atoms with Crippen molar-refractivity contribution in [2.24, 2.45) is 0 Å². The fourth-order valence-electron chi connectivity index (χ4n) is 1.44. The maximum Gasteiger partial charge on any atom is 0.325 e. The van der Waals surface area contributed by atoms with Crippen molar-refractivity contribution in [2.75, 3.05) is 6.61 Å². The summed E-state index contributed by atoms with van der Waals surface area (Å²) in [7, 11) is 0. The van der Waals surface area contributed by atoms with E-state index in [0.717, 1.165) is 0 Å². The van der Waals surface area contributed by atoms with Crippen molar-refractivity contribution in [3.63, 3.8) is 0 Å². The van der Waals surface area contributed by atoms with Crippen molar-refractivity contribution >= 4 is 11.9 Å². The smallest absolute Gasteiger partial charge is 0.325 e. The highest BCUT2D eigenvalue weighted by atomic mass is 19.2. The number of carbonyl (C=O) groups excluding carboxylic acids is 1. The van der Waals surface area contributed by atoms with E-state index in [9.17, 15) is 31.5 Å². The van der Waals surface area contributed by atoms with Crippen molar-refractivity contribution in [2.45, 2.75) is 12.8 Å². The van der Waals surface area contributed by atoms with Gasteiger partial charge in [-0.1, -0.05) is 0 Å². The number of halogens is 5. The molecular weight excluding hydrogens is 291 g/mol. The molecule has 1 N–H and O–H groups in total. The number of rotatable bonds is 4. The molecule has 0 spiro atoms. The molecule has 0 radical (unpaired) electrons. The number of esters is 1. The summed E-state index contributed by atoms with van der Waals surface area (Å²) in [6, 6.07) is 0. The summed E-state index contributed by atoms with van der Waals surface area (Å²) in [6.07, 6.45) is 0. The van der Waals surface area contributed by atoms with Gasteiger partial charge in [-0.2, -0.15) is 0 Å². The predicted molar refractivity (Wildman–Crippen MR) is 53.2 cm³/mol. The Morgan fingerprint density at radius 2 is 1.40 bits per heavy atom. The van der Waals surface area contributed by atoms with Crippen LogP contribution in [0.15, 0.2) is 0 Å². The summed E-state index contributed by atoms with van der Waals surface area (Å²) >= 11 is 0. The molecule has 20 heavy (non-hydrogen) atoms. The first-order valence-corrected chi connectivity index (χ1v) is 5.14. The number of hydrogen-bond donors (Lipinski definition) is 1. The normalized spacial score (nSPS) is 12.1. The van der Waals surface area contributed by atoms with E-state index >= 15 is 0 Å². The Kier molecular flexibility index (Phi) is 4.64. The molecule has 1 aromatic rings. The second-order valence-corrected chi connectivity index (χ2v) is 3.51. The summed E-state index contributed by atoms with van der Waals surface area (Å²) in [5.41, 5.74) is -1.76. The SMILES string of the molecule is CCOC(=O)C(C(=O)O)c1c(F)c(F)c(F)c(F)c1F. The highest BCUT2D eigenvalue weighted by Crippen LogP contribution is 2.30. The Morgan fingerprint density at radius 3 is 1.75 bits per heavy atom. The molecule has 0 amide bonds. The Morgan fingerprint density at radius 1 is 1.00 bits per heavy atom. The number of ether oxygens (including phenoxy) is 1. The van der Waals surface area contributed by atoms with Gasteiger partial charge in [0.25, 0.3) is 0 Å². The molecule has 0 fully saturated rings. The molecule has 0 saturated heterocycles. The van der Waals surface area contributed by atoms with Crippen LogP contribution in [0.5, 0.6) is 0 Å². The van der Waals surface area contributed by atoms with Crippen LogP contribution in [0, 0.1) is 29.1 Å². The van der Waals surface area contributed by atoms with Crippen LogP contribution in [-0.2, 0) is 14.3 Å². The quantitative estimate of drug-likeness (QED) is 0.304. The first kappa shape index (κ1) is 15.9. The van der Waals surface area contributed by atoms with E-state index in [-0.39, 0.29) is 6.61 Å². The number of aliphatic carboxylic acids is 1. The highest BCUT2D eigenvalue weighted by Gasteiger charge is 2.39. The van der Waals surface area contributed by atoms with Crippen molar-refractivity contribution < 1.29 is 41.4 Å². The Labute approximate surface area is 108 Å². The van der Waals surface area contributed by atoms with Crippen LogP contribution < -0.4 is 0 Å². The lowest BCUT2D eigenvalue weighted by Gasteiger charge is -2.14. The average molecular weight is 298 g/mol. The number of carbonyl (C=O) groups is 2. The van der Waals surface area contributed by atoms with Gasteiger partial charge in [0, 0.05) is 0 Å². The van der Waals surface area contributed by atoms with Crippen molar-refractivity contribution in [3.05, 3.63) is 34.6 Å². The van der Waals surface area contributed by atoms with E-state index in [1.54, 1.807) is 0 Å². The van der Waals surface area contributed by atoms with E-state index in [1.807, 2.05) is 0 Å². The lowest BCUT2D eigenvalue weighted by molar-refractivity contribution is -0.154. The molecule has 1 unspecified atom stereocenters. The molecule has 4 nitrogen and oxygen atoms in total. The van der Waals surface area contributed by atoms with Gasteiger partial charge in [0.2, 0.25) is 5.82 Å². The lowest BCUT2D eigenvalue weighted by atomic mass is 9.97. The summed E-state index contributed by atoms with van der Waals surface area (Å²) in [5.74, 6) is -18.3. The van der Waals surface area contributed by atoms with Crippen LogP contribution in [0.1, 0.15) is 18.4 Å². The zero-order valence-electron chi connectivity index (χ0n) is 9.85. The summed E-state index contributed by atoms with van der Waals surface area (Å²) < 4.78 is 69.9. The fourth-order valence-corrected chi connectivity index (χ4v) is 1.44. The van der Waals surface area contributed by atoms with Crippen LogP contribution in [0.25, 0.3) is 0 Å². The van der Waals surface area contributed by atoms with E-state index in [0.29, 0.717) is 0 Å². The van der Waals surface area contributed by atoms with Crippen LogP contribution in [-0.4, -0.2) is 23.7 Å². The third kappa shape index (κ3) is 2.56. The topological polar surface area (TPSA) is 63.6 Å². The Hall–Kier alpha value is -2.19. The molecule has 0 bridgehead atoms. The van der Waals surface area contributed by atoms with Crippen LogP contribution >= 0.6 is 0 Å². The first-order valence-electron chi connectivity index (χ1n) is 5.14. The predicted octanol–water partition coefficient (Wildman–Crippen LogP) is 2.11. The van der Waals surface area contributed by atoms with Gasteiger partial charge in [-0.25, -0.2) is 22.0 Å². The second kappa shape index (κ2) is 5.85. The van der Waals surface area contributed by atoms with E-state index in [4.69, 9.17) is 5.11 Å². The van der Waals surface area contributed by atoms with Gasteiger partial charge in [-0.05, 0) is 6.92 Å². The minimum Gasteiger partial charge on any atom is -0.480 e. The minimum atomic E-state index is -2.65. The monoisotopic (exact) mass is 298 g/mol. The summed E-state index contributed by atoms with van der Waals surface area (Å²) in [5, 5.41) is 8.75. The number of carboxylic acid groups (broad SMARTS) is 1. The molecule has 0 aliphatic carbocycles. The molecule has 0 aliphatic rings. The zero-order chi connectivity index (χ0) is 15.6. The van der Waals surface area contributed by atoms with Gasteiger partial charge < -0.3 is 9.84 Å². The number of carboxylic acids is 1. The average Bonchev–Trinajstić information content (AvgIpc) is 2.38. The van der Waals surface area contributed by atoms with Gasteiger partial charge in [-0.3, -0.25) is 9.59 Å². The van der Waals surface area contributed by atoms with Gasteiger partial charge in [0.1, 0.15) is 0 Å². The highest BCUT2D eigenvalue weighted by molar-refractivity contribution is 6.00. The maximum atomic E-state index is 13.4. The summed E-state index contributed by atoms with van der Waals surface area (Å²) in [6.45, 7) is 0.938. The minimum absolute atomic E-state index is 0.335. The van der Waals surface area contributed by atoms with Crippen molar-refractivity contribution in [1.82, 2.24) is 0 Å². The molecule has 1 atom stereocenters. The third-order valence-electron chi connectivity index (χ3n) is 2.30. The second-order valence-electron chi connectivity index (χ2n) is 3.51. The molecular formula is C11H7F5O4. The van der Waals surface area contributed by atoms with Crippen molar-refractivity contribution in [3.8, 4) is 0 Å². The first-order chi connectivity index (χ1) is 9.23. The number of hydrogen-bond acceptors (Lipinski definition) is 3. The Balaban J connectivity index is 3.57. The largest absolute Gasteiger partial charge is 0.480 e. The van der Waals surface area contributed by atoms with Gasteiger partial charge in [-0.15, -0.1) is 0 Å². The van der Waals surface area contributed by atoms with E-state index in [1.165, 1.54) is 6.92 Å². The van der Waals surface area contributed by atoms with Crippen LogP contribution in [0.2, 0.25) is 0 Å².